The molecule has 0 aromatic carbocycles. The number of carboxylic acid groups (broad SMARTS) is 1. The molecule has 2 rings (SSSR count). The molecule has 8 nitrogen and oxygen atoms in total. The highest BCUT2D eigenvalue weighted by molar-refractivity contribution is 6.03. The zero-order valence-corrected chi connectivity index (χ0v) is 10.5. The molecule has 0 fully saturated rings. The summed E-state index contributed by atoms with van der Waals surface area (Å²) in [6.07, 6.45) is 4.68. The predicted octanol–water partition coefficient (Wildman–Crippen LogP) is -0.218. The van der Waals surface area contributed by atoms with E-state index in [1.165, 1.54) is 10.9 Å². The van der Waals surface area contributed by atoms with Gasteiger partial charge in [-0.25, -0.2) is 4.79 Å². The second-order valence-corrected chi connectivity index (χ2v) is 4.08. The van der Waals surface area contributed by atoms with E-state index in [-0.39, 0.29) is 17.8 Å². The van der Waals surface area contributed by atoms with Crippen LogP contribution in [0.15, 0.2) is 18.6 Å². The Balaban J connectivity index is 2.09. The van der Waals surface area contributed by atoms with Crippen molar-refractivity contribution in [2.75, 3.05) is 0 Å². The summed E-state index contributed by atoms with van der Waals surface area (Å²) in [5.74, 6) is -1.71. The van der Waals surface area contributed by atoms with E-state index in [0.29, 0.717) is 0 Å². The maximum absolute atomic E-state index is 11.9. The largest absolute Gasteiger partial charge is 0.478 e. The molecule has 2 N–H and O–H groups in total. The highest BCUT2D eigenvalue weighted by Crippen LogP contribution is 2.06. The summed E-state index contributed by atoms with van der Waals surface area (Å²) in [4.78, 5) is 22.9. The molecule has 2 heterocycles. The molecule has 0 aliphatic heterocycles. The molecule has 19 heavy (non-hydrogen) atoms. The molecule has 0 atom stereocenters. The third kappa shape index (κ3) is 2.79. The Morgan fingerprint density at radius 3 is 2.63 bits per heavy atom. The summed E-state index contributed by atoms with van der Waals surface area (Å²) in [5.41, 5.74) is 0.605. The average molecular weight is 263 g/mol. The van der Waals surface area contributed by atoms with Gasteiger partial charge in [-0.05, 0) is 0 Å². The van der Waals surface area contributed by atoms with Crippen LogP contribution in [0.2, 0.25) is 0 Å². The summed E-state index contributed by atoms with van der Waals surface area (Å²) in [6, 6.07) is 0. The van der Waals surface area contributed by atoms with Crippen molar-refractivity contribution in [1.29, 1.82) is 0 Å². The van der Waals surface area contributed by atoms with Crippen LogP contribution in [0.5, 0.6) is 0 Å². The molecule has 100 valence electrons. The topological polar surface area (TPSA) is 102 Å². The minimum atomic E-state index is -1.18. The summed E-state index contributed by atoms with van der Waals surface area (Å²) in [7, 11) is 3.33. The fourth-order valence-corrected chi connectivity index (χ4v) is 1.64. The van der Waals surface area contributed by atoms with Gasteiger partial charge in [0, 0.05) is 38.6 Å². The molecule has 2 aromatic heterocycles. The Morgan fingerprint density at radius 2 is 2.05 bits per heavy atom. The lowest BCUT2D eigenvalue weighted by Crippen LogP contribution is -2.25. The number of nitrogens with one attached hydrogen (secondary N) is 1. The van der Waals surface area contributed by atoms with Crippen LogP contribution in [0.1, 0.15) is 26.4 Å². The van der Waals surface area contributed by atoms with E-state index in [0.717, 1.165) is 5.56 Å². The van der Waals surface area contributed by atoms with E-state index in [4.69, 9.17) is 5.11 Å². The zero-order valence-electron chi connectivity index (χ0n) is 10.5. The average Bonchev–Trinajstić information content (AvgIpc) is 2.92. The first-order valence-electron chi connectivity index (χ1n) is 5.50. The third-order valence-corrected chi connectivity index (χ3v) is 2.49. The second-order valence-electron chi connectivity index (χ2n) is 4.08. The lowest BCUT2D eigenvalue weighted by atomic mass is 10.2. The Bertz CT molecular complexity index is 628. The normalized spacial score (nSPS) is 10.4. The summed E-state index contributed by atoms with van der Waals surface area (Å²) >= 11 is 0. The molecule has 0 saturated heterocycles. The van der Waals surface area contributed by atoms with E-state index in [1.54, 1.807) is 31.2 Å². The molecule has 2 aromatic rings. The molecule has 0 spiro atoms. The van der Waals surface area contributed by atoms with Gasteiger partial charge in [-0.15, -0.1) is 0 Å². The molecule has 0 aliphatic rings. The van der Waals surface area contributed by atoms with Gasteiger partial charge in [0.05, 0.1) is 6.20 Å². The summed E-state index contributed by atoms with van der Waals surface area (Å²) < 4.78 is 2.91. The monoisotopic (exact) mass is 263 g/mol. The minimum absolute atomic E-state index is 0.0982. The van der Waals surface area contributed by atoms with Crippen molar-refractivity contribution < 1.29 is 14.7 Å². The lowest BCUT2D eigenvalue weighted by Gasteiger charge is -2.01. The second kappa shape index (κ2) is 4.92. The quantitative estimate of drug-likeness (QED) is 0.794. The number of nitrogens with zero attached hydrogens (tertiary/aromatic N) is 4. The lowest BCUT2D eigenvalue weighted by molar-refractivity contribution is 0.0691. The zero-order chi connectivity index (χ0) is 14.0. The molecular formula is C11H13N5O3. The minimum Gasteiger partial charge on any atom is -0.478 e. The molecule has 0 saturated carbocycles. The van der Waals surface area contributed by atoms with Gasteiger partial charge in [0.15, 0.2) is 5.69 Å². The van der Waals surface area contributed by atoms with Crippen LogP contribution in [-0.2, 0) is 20.6 Å². The molecule has 0 aliphatic carbocycles. The van der Waals surface area contributed by atoms with Crippen LogP contribution in [0.25, 0.3) is 0 Å². The van der Waals surface area contributed by atoms with Gasteiger partial charge >= 0.3 is 5.97 Å². The van der Waals surface area contributed by atoms with E-state index in [9.17, 15) is 9.59 Å². The Morgan fingerprint density at radius 1 is 1.32 bits per heavy atom. The highest BCUT2D eigenvalue weighted by Gasteiger charge is 2.20. The maximum Gasteiger partial charge on any atom is 0.339 e. The van der Waals surface area contributed by atoms with Crippen LogP contribution in [0.3, 0.4) is 0 Å². The van der Waals surface area contributed by atoms with Crippen molar-refractivity contribution in [3.8, 4) is 0 Å². The number of aromatic carboxylic acids is 1. The molecule has 8 heteroatoms. The maximum atomic E-state index is 11.9. The van der Waals surface area contributed by atoms with Gasteiger partial charge in [-0.2, -0.15) is 10.2 Å². The number of carbonyl (C=O) groups is 2. The van der Waals surface area contributed by atoms with Gasteiger partial charge in [0.1, 0.15) is 5.56 Å². The summed E-state index contributed by atoms with van der Waals surface area (Å²) in [6.45, 7) is 0.266. The Kier molecular flexibility index (Phi) is 3.32. The fourth-order valence-electron chi connectivity index (χ4n) is 1.64. The van der Waals surface area contributed by atoms with E-state index in [2.05, 4.69) is 15.5 Å². The smallest absolute Gasteiger partial charge is 0.339 e. The molecule has 1 amide bonds. The van der Waals surface area contributed by atoms with Gasteiger partial charge in [0.2, 0.25) is 0 Å². The Hall–Kier alpha value is -2.64. The van der Waals surface area contributed by atoms with E-state index < -0.39 is 11.9 Å². The number of aryl methyl sites for hydroxylation is 2. The van der Waals surface area contributed by atoms with E-state index in [1.807, 2.05) is 0 Å². The van der Waals surface area contributed by atoms with Crippen molar-refractivity contribution in [1.82, 2.24) is 24.9 Å². The van der Waals surface area contributed by atoms with Crippen LogP contribution < -0.4 is 5.32 Å². The number of amides is 1. The first kappa shape index (κ1) is 12.8. The van der Waals surface area contributed by atoms with Crippen molar-refractivity contribution >= 4 is 11.9 Å². The first-order chi connectivity index (χ1) is 8.97. The van der Waals surface area contributed by atoms with E-state index >= 15 is 0 Å². The van der Waals surface area contributed by atoms with Crippen LogP contribution in [-0.4, -0.2) is 36.5 Å². The predicted molar refractivity (Wildman–Crippen MR) is 64.5 cm³/mol. The number of hydrogen-bond acceptors (Lipinski definition) is 4. The Labute approximate surface area is 108 Å². The van der Waals surface area contributed by atoms with Crippen LogP contribution in [0.4, 0.5) is 0 Å². The standard InChI is InChI=1S/C11H13N5O3/c1-15-5-7(4-13-15)3-12-10(17)9-8(11(18)19)6-16(2)14-9/h4-6H,3H2,1-2H3,(H,12,17)(H,18,19). The third-order valence-electron chi connectivity index (χ3n) is 2.49. The van der Waals surface area contributed by atoms with Gasteiger partial charge in [0.25, 0.3) is 5.91 Å². The SMILES string of the molecule is Cn1cc(CNC(=O)c2nn(C)cc2C(=O)O)cn1. The number of carbonyl (C=O) groups excluding carboxylic acids is 1. The van der Waals surface area contributed by atoms with Crippen molar-refractivity contribution in [3.05, 3.63) is 35.4 Å². The van der Waals surface area contributed by atoms with Crippen molar-refractivity contribution in [2.24, 2.45) is 14.1 Å². The number of hydrogen-bond donors (Lipinski definition) is 2. The van der Waals surface area contributed by atoms with Crippen molar-refractivity contribution in [3.63, 3.8) is 0 Å². The first-order valence-corrected chi connectivity index (χ1v) is 5.50. The molecule has 0 bridgehead atoms. The highest BCUT2D eigenvalue weighted by atomic mass is 16.4. The molecule has 0 radical (unpaired) electrons. The van der Waals surface area contributed by atoms with Crippen LogP contribution in [0, 0.1) is 0 Å². The number of rotatable bonds is 4. The molecular weight excluding hydrogens is 250 g/mol. The number of aromatic nitrogens is 4. The number of carboxylic acids is 1. The van der Waals surface area contributed by atoms with Crippen molar-refractivity contribution in [2.45, 2.75) is 6.54 Å². The molecule has 0 unspecified atom stereocenters. The van der Waals surface area contributed by atoms with Gasteiger partial charge in [-0.1, -0.05) is 0 Å². The van der Waals surface area contributed by atoms with Crippen LogP contribution >= 0.6 is 0 Å². The van der Waals surface area contributed by atoms with Gasteiger partial charge < -0.3 is 10.4 Å². The summed E-state index contributed by atoms with van der Waals surface area (Å²) in [5, 5.41) is 19.4. The van der Waals surface area contributed by atoms with Gasteiger partial charge in [-0.3, -0.25) is 14.2 Å². The fraction of sp³-hybridized carbons (Fsp3) is 0.273.